The van der Waals surface area contributed by atoms with Crippen LogP contribution in [0.4, 0.5) is 5.69 Å². The monoisotopic (exact) mass is 363 g/mol. The third-order valence-electron chi connectivity index (χ3n) is 5.00. The van der Waals surface area contributed by atoms with Gasteiger partial charge in [-0.15, -0.1) is 0 Å². The van der Waals surface area contributed by atoms with E-state index in [-0.39, 0.29) is 11.0 Å². The molecule has 0 bridgehead atoms. The van der Waals surface area contributed by atoms with E-state index >= 15 is 0 Å². The van der Waals surface area contributed by atoms with Gasteiger partial charge in [0.1, 0.15) is 11.2 Å². The fourth-order valence-corrected chi connectivity index (χ4v) is 3.09. The van der Waals surface area contributed by atoms with E-state index in [9.17, 15) is 9.59 Å². The van der Waals surface area contributed by atoms with Gasteiger partial charge in [0.05, 0.1) is 5.39 Å². The highest BCUT2D eigenvalue weighted by Gasteiger charge is 2.16. The Kier molecular flexibility index (Phi) is 5.40. The van der Waals surface area contributed by atoms with Crippen LogP contribution in [0.25, 0.3) is 11.0 Å². The lowest BCUT2D eigenvalue weighted by atomic mass is 9.98. The summed E-state index contributed by atoms with van der Waals surface area (Å²) in [5.41, 5.74) is 3.18. The van der Waals surface area contributed by atoms with Gasteiger partial charge in [-0.3, -0.25) is 9.59 Å². The van der Waals surface area contributed by atoms with Crippen LogP contribution in [-0.2, 0) is 6.54 Å². The van der Waals surface area contributed by atoms with Crippen LogP contribution in [0.3, 0.4) is 0 Å². The van der Waals surface area contributed by atoms with Crippen LogP contribution in [-0.4, -0.2) is 15.5 Å². The van der Waals surface area contributed by atoms with Crippen molar-refractivity contribution in [3.05, 3.63) is 69.6 Å². The van der Waals surface area contributed by atoms with Gasteiger partial charge in [0.15, 0.2) is 0 Å². The van der Waals surface area contributed by atoms with Crippen LogP contribution in [0.15, 0.2) is 47.4 Å². The summed E-state index contributed by atoms with van der Waals surface area (Å²) in [5.74, 6) is 0.0731. The summed E-state index contributed by atoms with van der Waals surface area (Å²) in [7, 11) is 0. The molecule has 0 saturated carbocycles. The Hall–Kier alpha value is -2.95. The second-order valence-corrected chi connectivity index (χ2v) is 6.87. The highest BCUT2D eigenvalue weighted by molar-refractivity contribution is 6.05. The van der Waals surface area contributed by atoms with Crippen LogP contribution >= 0.6 is 0 Å². The van der Waals surface area contributed by atoms with Gasteiger partial charge in [-0.2, -0.15) is 0 Å². The van der Waals surface area contributed by atoms with Crippen LogP contribution in [0.2, 0.25) is 0 Å². The highest BCUT2D eigenvalue weighted by atomic mass is 16.2. The molecular weight excluding hydrogens is 338 g/mol. The molecule has 27 heavy (non-hydrogen) atoms. The van der Waals surface area contributed by atoms with E-state index in [1.54, 1.807) is 18.3 Å². The molecule has 2 heterocycles. The van der Waals surface area contributed by atoms with Gasteiger partial charge in [-0.25, -0.2) is 4.98 Å². The number of nitrogens with zero attached hydrogens (tertiary/aromatic N) is 2. The first-order chi connectivity index (χ1) is 12.9. The number of amides is 1. The first-order valence-corrected chi connectivity index (χ1v) is 9.36. The molecule has 0 aliphatic rings. The van der Waals surface area contributed by atoms with Gasteiger partial charge >= 0.3 is 0 Å². The van der Waals surface area contributed by atoms with E-state index in [0.717, 1.165) is 12.1 Å². The third-order valence-corrected chi connectivity index (χ3v) is 5.00. The van der Waals surface area contributed by atoms with E-state index in [2.05, 4.69) is 24.1 Å². The maximum Gasteiger partial charge on any atom is 0.261 e. The number of hydrogen-bond donors (Lipinski definition) is 1. The Bertz CT molecular complexity index is 1040. The largest absolute Gasteiger partial charge is 0.332 e. The number of benzene rings is 1. The molecule has 5 nitrogen and oxygen atoms in total. The van der Waals surface area contributed by atoms with Crippen molar-refractivity contribution >= 4 is 22.6 Å². The number of pyridine rings is 2. The molecule has 0 aliphatic heterocycles. The maximum absolute atomic E-state index is 12.8. The van der Waals surface area contributed by atoms with Gasteiger partial charge in [0.2, 0.25) is 5.43 Å². The number of nitrogens with one attached hydrogen (secondary N) is 1. The van der Waals surface area contributed by atoms with Gasteiger partial charge in [0.25, 0.3) is 5.91 Å². The molecule has 3 aromatic rings. The minimum atomic E-state index is -0.402. The molecule has 1 N–H and O–H groups in total. The fraction of sp³-hybridized carbons (Fsp3) is 0.318. The Morgan fingerprint density at radius 3 is 2.48 bits per heavy atom. The van der Waals surface area contributed by atoms with Gasteiger partial charge in [0, 0.05) is 24.1 Å². The number of carbonyl (C=O) groups is 1. The molecule has 3 rings (SSSR count). The van der Waals surface area contributed by atoms with E-state index < -0.39 is 5.91 Å². The van der Waals surface area contributed by atoms with Gasteiger partial charge < -0.3 is 9.88 Å². The van der Waals surface area contributed by atoms with Crippen molar-refractivity contribution < 1.29 is 4.79 Å². The summed E-state index contributed by atoms with van der Waals surface area (Å²) in [5, 5.41) is 3.30. The quantitative estimate of drug-likeness (QED) is 0.726. The zero-order valence-corrected chi connectivity index (χ0v) is 16.2. The number of carbonyl (C=O) groups excluding carboxylic acids is 1. The molecule has 140 valence electrons. The molecule has 0 fully saturated rings. The molecule has 1 unspecified atom stereocenters. The molecule has 5 heteroatoms. The second-order valence-electron chi connectivity index (χ2n) is 6.87. The summed E-state index contributed by atoms with van der Waals surface area (Å²) in [4.78, 5) is 30.0. The Labute approximate surface area is 159 Å². The molecule has 2 aromatic heterocycles. The van der Waals surface area contributed by atoms with E-state index in [1.807, 2.05) is 42.7 Å². The van der Waals surface area contributed by atoms with Crippen LogP contribution in [0.5, 0.6) is 0 Å². The first-order valence-electron chi connectivity index (χ1n) is 9.36. The lowest BCUT2D eigenvalue weighted by molar-refractivity contribution is 0.102. The second kappa shape index (κ2) is 7.74. The molecule has 1 amide bonds. The summed E-state index contributed by atoms with van der Waals surface area (Å²) >= 11 is 0. The van der Waals surface area contributed by atoms with E-state index in [0.29, 0.717) is 29.2 Å². The molecule has 0 saturated heterocycles. The van der Waals surface area contributed by atoms with Crippen molar-refractivity contribution in [2.75, 3.05) is 5.32 Å². The molecule has 1 atom stereocenters. The predicted molar refractivity (Wildman–Crippen MR) is 110 cm³/mol. The van der Waals surface area contributed by atoms with E-state index in [4.69, 9.17) is 0 Å². The standard InChI is InChI=1S/C22H25N3O2/c1-5-14(3)16-8-10-17(11-9-16)24-22(27)19-13-25(6-2)21-18(20(19)26)12-7-15(4)23-21/h7-14H,5-6H2,1-4H3,(H,24,27). The molecule has 0 aliphatic carbocycles. The zero-order valence-electron chi connectivity index (χ0n) is 16.2. The number of fused-ring (bicyclic) bond motifs is 1. The number of rotatable bonds is 5. The lowest BCUT2D eigenvalue weighted by Crippen LogP contribution is -2.24. The minimum absolute atomic E-state index is 0.126. The normalized spacial score (nSPS) is 12.1. The predicted octanol–water partition coefficient (Wildman–Crippen LogP) is 4.49. The van der Waals surface area contributed by atoms with Crippen molar-refractivity contribution in [1.29, 1.82) is 0 Å². The Morgan fingerprint density at radius 2 is 1.85 bits per heavy atom. The summed E-state index contributed by atoms with van der Waals surface area (Å²) < 4.78 is 1.84. The number of aryl methyl sites for hydroxylation is 2. The number of aromatic nitrogens is 2. The summed E-state index contributed by atoms with van der Waals surface area (Å²) in [6.45, 7) is 8.79. The maximum atomic E-state index is 12.8. The highest BCUT2D eigenvalue weighted by Crippen LogP contribution is 2.21. The minimum Gasteiger partial charge on any atom is -0.332 e. The first kappa shape index (κ1) is 18.8. The average Bonchev–Trinajstić information content (AvgIpc) is 2.68. The Morgan fingerprint density at radius 1 is 1.15 bits per heavy atom. The summed E-state index contributed by atoms with van der Waals surface area (Å²) in [6, 6.07) is 11.3. The molecule has 0 radical (unpaired) electrons. The van der Waals surface area contributed by atoms with Crippen molar-refractivity contribution in [3.63, 3.8) is 0 Å². The third kappa shape index (κ3) is 3.77. The SMILES string of the molecule is CCC(C)c1ccc(NC(=O)c2cn(CC)c3nc(C)ccc3c2=O)cc1. The summed E-state index contributed by atoms with van der Waals surface area (Å²) in [6.07, 6.45) is 2.66. The molecular formula is C22H25N3O2. The van der Waals surface area contributed by atoms with Crippen molar-refractivity contribution in [2.45, 2.75) is 46.6 Å². The zero-order chi connectivity index (χ0) is 19.6. The molecule has 0 spiro atoms. The topological polar surface area (TPSA) is 64.0 Å². The van der Waals surface area contributed by atoms with Crippen LogP contribution in [0.1, 0.15) is 54.7 Å². The van der Waals surface area contributed by atoms with Gasteiger partial charge in [-0.1, -0.05) is 26.0 Å². The lowest BCUT2D eigenvalue weighted by Gasteiger charge is -2.12. The van der Waals surface area contributed by atoms with Crippen molar-refractivity contribution in [3.8, 4) is 0 Å². The smallest absolute Gasteiger partial charge is 0.261 e. The Balaban J connectivity index is 1.95. The van der Waals surface area contributed by atoms with Crippen LogP contribution in [0, 0.1) is 6.92 Å². The van der Waals surface area contributed by atoms with E-state index in [1.165, 1.54) is 5.56 Å². The van der Waals surface area contributed by atoms with Crippen LogP contribution < -0.4 is 10.7 Å². The van der Waals surface area contributed by atoms with Gasteiger partial charge in [-0.05, 0) is 56.0 Å². The number of anilines is 1. The fourth-order valence-electron chi connectivity index (χ4n) is 3.09. The number of hydrogen-bond acceptors (Lipinski definition) is 3. The van der Waals surface area contributed by atoms with Crippen molar-refractivity contribution in [1.82, 2.24) is 9.55 Å². The average molecular weight is 363 g/mol. The van der Waals surface area contributed by atoms with Crippen molar-refractivity contribution in [2.24, 2.45) is 0 Å². The molecule has 1 aromatic carbocycles.